The largest absolute Gasteiger partial charge is 0.347 e. The molecule has 0 saturated heterocycles. The molecule has 6 nitrogen and oxygen atoms in total. The van der Waals surface area contributed by atoms with Crippen LogP contribution in [-0.4, -0.2) is 36.1 Å². The summed E-state index contributed by atoms with van der Waals surface area (Å²) in [6.07, 6.45) is 0. The van der Waals surface area contributed by atoms with E-state index in [-0.39, 0.29) is 5.28 Å². The molecule has 0 aliphatic rings. The predicted octanol–water partition coefficient (Wildman–Crippen LogP) is 2.10. The molecule has 108 valence electrons. The number of halogens is 1. The van der Waals surface area contributed by atoms with E-state index in [1.165, 1.54) is 0 Å². The van der Waals surface area contributed by atoms with Crippen LogP contribution in [0.2, 0.25) is 5.28 Å². The van der Waals surface area contributed by atoms with Crippen molar-refractivity contribution in [2.45, 2.75) is 6.54 Å². The maximum absolute atomic E-state index is 8.93. The fraction of sp³-hybridized carbons (Fsp3) is 0.286. The molecular weight excluding hydrogens is 288 g/mol. The summed E-state index contributed by atoms with van der Waals surface area (Å²) < 4.78 is 0. The lowest BCUT2D eigenvalue weighted by molar-refractivity contribution is 0.841. The van der Waals surface area contributed by atoms with E-state index in [2.05, 4.69) is 21.0 Å². The quantitative estimate of drug-likeness (QED) is 0.861. The molecule has 2 rings (SSSR count). The Hall–Kier alpha value is -2.39. The molecular formula is C14H15ClN6. The third-order valence-corrected chi connectivity index (χ3v) is 2.97. The van der Waals surface area contributed by atoms with Crippen molar-refractivity contribution in [1.82, 2.24) is 15.0 Å². The Morgan fingerprint density at radius 1 is 1.14 bits per heavy atom. The summed E-state index contributed by atoms with van der Waals surface area (Å²) in [5.74, 6) is 0.990. The van der Waals surface area contributed by atoms with Gasteiger partial charge in [0.25, 0.3) is 0 Å². The van der Waals surface area contributed by atoms with E-state index in [4.69, 9.17) is 16.9 Å². The van der Waals surface area contributed by atoms with Crippen molar-refractivity contribution >= 4 is 23.5 Å². The number of hydrogen-bond acceptors (Lipinski definition) is 6. The van der Waals surface area contributed by atoms with E-state index in [0.717, 1.165) is 5.56 Å². The molecule has 0 aliphatic carbocycles. The number of nitriles is 1. The molecule has 0 saturated carbocycles. The molecule has 21 heavy (non-hydrogen) atoms. The summed E-state index contributed by atoms with van der Waals surface area (Å²) in [5, 5.41) is 9.08. The van der Waals surface area contributed by atoms with Crippen LogP contribution in [0.5, 0.6) is 0 Å². The van der Waals surface area contributed by atoms with Crippen LogP contribution in [0.4, 0.5) is 11.9 Å². The maximum Gasteiger partial charge on any atom is 0.231 e. The first-order valence-corrected chi connectivity index (χ1v) is 6.66. The summed E-state index contributed by atoms with van der Waals surface area (Å²) in [7, 11) is 5.54. The third-order valence-electron chi connectivity index (χ3n) is 2.80. The Labute approximate surface area is 128 Å². The number of nitrogens with zero attached hydrogens (tertiary/aromatic N) is 6. The molecule has 1 aromatic heterocycles. The van der Waals surface area contributed by atoms with Gasteiger partial charge < -0.3 is 9.80 Å². The van der Waals surface area contributed by atoms with Crippen molar-refractivity contribution in [3.8, 4) is 6.07 Å². The Bertz CT molecular complexity index is 679. The fourth-order valence-electron chi connectivity index (χ4n) is 1.78. The second-order valence-electron chi connectivity index (χ2n) is 4.77. The Morgan fingerprint density at radius 2 is 1.86 bits per heavy atom. The second-order valence-corrected chi connectivity index (χ2v) is 5.11. The summed E-state index contributed by atoms with van der Waals surface area (Å²) in [6, 6.07) is 9.54. The molecule has 2 aromatic rings. The van der Waals surface area contributed by atoms with Gasteiger partial charge in [-0.2, -0.15) is 20.2 Å². The van der Waals surface area contributed by atoms with E-state index in [1.807, 2.05) is 44.2 Å². The monoisotopic (exact) mass is 302 g/mol. The van der Waals surface area contributed by atoms with Crippen LogP contribution in [0.1, 0.15) is 11.1 Å². The minimum Gasteiger partial charge on any atom is -0.347 e. The molecule has 0 N–H and O–H groups in total. The highest BCUT2D eigenvalue weighted by molar-refractivity contribution is 6.28. The first-order valence-electron chi connectivity index (χ1n) is 6.28. The smallest absolute Gasteiger partial charge is 0.231 e. The lowest BCUT2D eigenvalue weighted by atomic mass is 10.1. The molecule has 7 heteroatoms. The highest BCUT2D eigenvalue weighted by atomic mass is 35.5. The van der Waals surface area contributed by atoms with Gasteiger partial charge in [0, 0.05) is 27.7 Å². The van der Waals surface area contributed by atoms with Crippen molar-refractivity contribution in [2.75, 3.05) is 30.9 Å². The van der Waals surface area contributed by atoms with Gasteiger partial charge in [-0.1, -0.05) is 12.1 Å². The first-order chi connectivity index (χ1) is 9.99. The standard InChI is InChI=1S/C14H15ClN6/c1-20(2)13-17-12(15)18-14(19-13)21(3)9-11-6-4-5-10(7-11)8-16/h4-7H,9H2,1-3H3. The Balaban J connectivity index is 2.23. The molecule has 0 radical (unpaired) electrons. The molecule has 0 amide bonds. The van der Waals surface area contributed by atoms with E-state index in [1.54, 1.807) is 11.0 Å². The number of aromatic nitrogens is 3. The van der Waals surface area contributed by atoms with Crippen molar-refractivity contribution in [1.29, 1.82) is 5.26 Å². The minimum atomic E-state index is 0.154. The van der Waals surface area contributed by atoms with Crippen LogP contribution >= 0.6 is 11.6 Å². The lowest BCUT2D eigenvalue weighted by Gasteiger charge is -2.19. The summed E-state index contributed by atoms with van der Waals surface area (Å²) in [4.78, 5) is 16.2. The Morgan fingerprint density at radius 3 is 2.52 bits per heavy atom. The van der Waals surface area contributed by atoms with Crippen LogP contribution in [-0.2, 0) is 6.54 Å². The second kappa shape index (κ2) is 6.37. The summed E-state index contributed by atoms with van der Waals surface area (Å²) >= 11 is 5.93. The number of hydrogen-bond donors (Lipinski definition) is 0. The van der Waals surface area contributed by atoms with Gasteiger partial charge in [0.1, 0.15) is 0 Å². The normalized spacial score (nSPS) is 10.0. The van der Waals surface area contributed by atoms with Gasteiger partial charge in [0.05, 0.1) is 11.6 Å². The van der Waals surface area contributed by atoms with Gasteiger partial charge in [-0.15, -0.1) is 0 Å². The molecule has 1 aromatic carbocycles. The van der Waals surface area contributed by atoms with E-state index in [9.17, 15) is 0 Å². The summed E-state index contributed by atoms with van der Waals surface area (Å²) in [6.45, 7) is 0.572. The zero-order valence-electron chi connectivity index (χ0n) is 12.1. The van der Waals surface area contributed by atoms with Crippen molar-refractivity contribution in [3.05, 3.63) is 40.7 Å². The zero-order valence-corrected chi connectivity index (χ0v) is 12.8. The van der Waals surface area contributed by atoms with Gasteiger partial charge >= 0.3 is 0 Å². The maximum atomic E-state index is 8.93. The van der Waals surface area contributed by atoms with Gasteiger partial charge in [0.2, 0.25) is 17.2 Å². The van der Waals surface area contributed by atoms with Crippen molar-refractivity contribution in [3.63, 3.8) is 0 Å². The van der Waals surface area contributed by atoms with Crippen LogP contribution in [0.25, 0.3) is 0 Å². The molecule has 0 atom stereocenters. The first kappa shape index (κ1) is 15.0. The number of benzene rings is 1. The fourth-order valence-corrected chi connectivity index (χ4v) is 1.94. The highest BCUT2D eigenvalue weighted by Crippen LogP contribution is 2.16. The molecule has 0 unspecified atom stereocenters. The minimum absolute atomic E-state index is 0.154. The van der Waals surface area contributed by atoms with Crippen molar-refractivity contribution < 1.29 is 0 Å². The number of rotatable bonds is 4. The molecule has 1 heterocycles. The summed E-state index contributed by atoms with van der Waals surface area (Å²) in [5.41, 5.74) is 1.63. The SMILES string of the molecule is CN(C)c1nc(Cl)nc(N(C)Cc2cccc(C#N)c2)n1. The van der Waals surface area contributed by atoms with Crippen LogP contribution in [0, 0.1) is 11.3 Å². The number of anilines is 2. The lowest BCUT2D eigenvalue weighted by Crippen LogP contribution is -2.22. The van der Waals surface area contributed by atoms with Crippen LogP contribution in [0.15, 0.2) is 24.3 Å². The van der Waals surface area contributed by atoms with Gasteiger partial charge in [-0.25, -0.2) is 0 Å². The van der Waals surface area contributed by atoms with E-state index in [0.29, 0.717) is 24.0 Å². The molecule has 0 bridgehead atoms. The van der Waals surface area contributed by atoms with Gasteiger partial charge in [-0.3, -0.25) is 0 Å². The van der Waals surface area contributed by atoms with Gasteiger partial charge in [-0.05, 0) is 29.3 Å². The zero-order chi connectivity index (χ0) is 15.4. The molecule has 0 aliphatic heterocycles. The average Bonchev–Trinajstić information content (AvgIpc) is 2.46. The third kappa shape index (κ3) is 3.80. The van der Waals surface area contributed by atoms with Crippen molar-refractivity contribution in [2.24, 2.45) is 0 Å². The topological polar surface area (TPSA) is 68.9 Å². The average molecular weight is 303 g/mol. The molecule has 0 spiro atoms. The van der Waals surface area contributed by atoms with E-state index >= 15 is 0 Å². The predicted molar refractivity (Wildman–Crippen MR) is 82.4 cm³/mol. The van der Waals surface area contributed by atoms with Crippen LogP contribution in [0.3, 0.4) is 0 Å². The van der Waals surface area contributed by atoms with Crippen LogP contribution < -0.4 is 9.80 Å². The highest BCUT2D eigenvalue weighted by Gasteiger charge is 2.11. The van der Waals surface area contributed by atoms with E-state index < -0.39 is 0 Å². The van der Waals surface area contributed by atoms with Gasteiger partial charge in [0.15, 0.2) is 0 Å². The molecule has 0 fully saturated rings. The Kier molecular flexibility index (Phi) is 4.55.